The van der Waals surface area contributed by atoms with Crippen LogP contribution in [0.4, 0.5) is 0 Å². The summed E-state index contributed by atoms with van der Waals surface area (Å²) in [5.74, 6) is 0.823. The lowest BCUT2D eigenvalue weighted by Crippen LogP contribution is -2.43. The summed E-state index contributed by atoms with van der Waals surface area (Å²) in [5, 5.41) is 18.0. The molecule has 18 heavy (non-hydrogen) atoms. The van der Waals surface area contributed by atoms with E-state index < -0.39 is 5.60 Å². The Morgan fingerprint density at radius 2 is 2.22 bits per heavy atom. The van der Waals surface area contributed by atoms with E-state index in [9.17, 15) is 5.11 Å². The zero-order valence-corrected chi connectivity index (χ0v) is 11.5. The molecule has 2 N–H and O–H groups in total. The monoisotopic (exact) mass is 251 g/mol. The van der Waals surface area contributed by atoms with Crippen LogP contribution in [0.3, 0.4) is 0 Å². The summed E-state index contributed by atoms with van der Waals surface area (Å²) in [7, 11) is 1.92. The molecule has 0 aliphatic heterocycles. The van der Waals surface area contributed by atoms with Gasteiger partial charge >= 0.3 is 0 Å². The number of hydrogen-bond acceptors (Lipinski definition) is 3. The second kappa shape index (κ2) is 5.85. The van der Waals surface area contributed by atoms with E-state index in [1.165, 1.54) is 24.8 Å². The topological polar surface area (TPSA) is 50.1 Å². The van der Waals surface area contributed by atoms with Crippen molar-refractivity contribution in [1.82, 2.24) is 15.1 Å². The molecule has 4 heteroatoms. The van der Waals surface area contributed by atoms with Crippen molar-refractivity contribution in [2.45, 2.75) is 51.2 Å². The van der Waals surface area contributed by atoms with Crippen molar-refractivity contribution in [2.24, 2.45) is 13.0 Å². The van der Waals surface area contributed by atoms with Crippen molar-refractivity contribution < 1.29 is 5.11 Å². The Bertz CT molecular complexity index is 367. The number of nitrogens with one attached hydrogen (secondary N) is 1. The highest BCUT2D eigenvalue weighted by molar-refractivity contribution is 5.03. The lowest BCUT2D eigenvalue weighted by Gasteiger charge is -2.36. The maximum absolute atomic E-state index is 10.5. The molecule has 102 valence electrons. The minimum Gasteiger partial charge on any atom is -0.389 e. The van der Waals surface area contributed by atoms with Gasteiger partial charge in [-0.25, -0.2) is 0 Å². The van der Waals surface area contributed by atoms with Gasteiger partial charge in [0, 0.05) is 31.9 Å². The molecule has 1 saturated carbocycles. The van der Waals surface area contributed by atoms with Crippen molar-refractivity contribution in [3.05, 3.63) is 18.0 Å². The van der Waals surface area contributed by atoms with Gasteiger partial charge in [0.05, 0.1) is 11.8 Å². The number of rotatable bonds is 5. The first-order chi connectivity index (χ1) is 8.61. The van der Waals surface area contributed by atoms with Gasteiger partial charge in [0.1, 0.15) is 0 Å². The normalized spacial score (nSPS) is 28.5. The summed E-state index contributed by atoms with van der Waals surface area (Å²) in [5.41, 5.74) is 0.678. The van der Waals surface area contributed by atoms with Crippen LogP contribution in [0.5, 0.6) is 0 Å². The van der Waals surface area contributed by atoms with Crippen molar-refractivity contribution in [2.75, 3.05) is 6.54 Å². The number of aliphatic hydroxyl groups is 1. The summed E-state index contributed by atoms with van der Waals surface area (Å²) in [4.78, 5) is 0. The van der Waals surface area contributed by atoms with Crippen LogP contribution in [0.1, 0.15) is 44.6 Å². The first-order valence-electron chi connectivity index (χ1n) is 7.02. The molecule has 0 aromatic carbocycles. The number of aromatic nitrogens is 2. The van der Waals surface area contributed by atoms with Crippen molar-refractivity contribution in [3.8, 4) is 0 Å². The van der Waals surface area contributed by atoms with Crippen LogP contribution in [0.25, 0.3) is 0 Å². The highest BCUT2D eigenvalue weighted by atomic mass is 16.3. The van der Waals surface area contributed by atoms with Gasteiger partial charge < -0.3 is 10.4 Å². The Morgan fingerprint density at radius 3 is 2.78 bits per heavy atom. The Morgan fingerprint density at radius 1 is 1.50 bits per heavy atom. The smallest absolute Gasteiger partial charge is 0.0771 e. The van der Waals surface area contributed by atoms with E-state index in [-0.39, 0.29) is 0 Å². The van der Waals surface area contributed by atoms with E-state index in [4.69, 9.17) is 0 Å². The SMILES string of the molecule is CCC1CCC(O)(CNCc2cnn(C)c2)CC1. The Balaban J connectivity index is 1.73. The Kier molecular flexibility index (Phi) is 4.40. The molecule has 0 amide bonds. The molecule has 1 aliphatic carbocycles. The molecular weight excluding hydrogens is 226 g/mol. The Labute approximate surface area is 109 Å². The minimum absolute atomic E-state index is 0.492. The molecule has 0 atom stereocenters. The van der Waals surface area contributed by atoms with Crippen molar-refractivity contribution >= 4 is 0 Å². The third-order valence-electron chi connectivity index (χ3n) is 4.15. The molecule has 0 spiro atoms. The molecule has 1 heterocycles. The van der Waals surface area contributed by atoms with Gasteiger partial charge in [-0.1, -0.05) is 13.3 Å². The average Bonchev–Trinajstić information content (AvgIpc) is 2.76. The summed E-state index contributed by atoms with van der Waals surface area (Å²) < 4.78 is 1.80. The molecule has 0 saturated heterocycles. The van der Waals surface area contributed by atoms with E-state index >= 15 is 0 Å². The lowest BCUT2D eigenvalue weighted by atomic mass is 9.78. The van der Waals surface area contributed by atoms with Crippen LogP contribution in [-0.2, 0) is 13.6 Å². The molecule has 1 fully saturated rings. The van der Waals surface area contributed by atoms with Gasteiger partial charge in [-0.05, 0) is 31.6 Å². The highest BCUT2D eigenvalue weighted by Crippen LogP contribution is 2.33. The molecule has 1 aromatic heterocycles. The number of nitrogens with zero attached hydrogens (tertiary/aromatic N) is 2. The molecule has 0 unspecified atom stereocenters. The van der Waals surface area contributed by atoms with Crippen LogP contribution in [0.2, 0.25) is 0 Å². The predicted molar refractivity (Wildman–Crippen MR) is 72.1 cm³/mol. The molecule has 1 aromatic rings. The maximum atomic E-state index is 10.5. The molecule has 1 aliphatic rings. The van der Waals surface area contributed by atoms with Crippen molar-refractivity contribution in [3.63, 3.8) is 0 Å². The zero-order chi connectivity index (χ0) is 13.0. The minimum atomic E-state index is -0.492. The molecule has 2 rings (SSSR count). The van der Waals surface area contributed by atoms with Gasteiger partial charge in [0.2, 0.25) is 0 Å². The van der Waals surface area contributed by atoms with E-state index in [1.54, 1.807) is 4.68 Å². The quantitative estimate of drug-likeness (QED) is 0.839. The van der Waals surface area contributed by atoms with Crippen LogP contribution < -0.4 is 5.32 Å². The fraction of sp³-hybridized carbons (Fsp3) is 0.786. The van der Waals surface area contributed by atoms with Crippen molar-refractivity contribution in [1.29, 1.82) is 0 Å². The first kappa shape index (κ1) is 13.6. The second-order valence-electron chi connectivity index (χ2n) is 5.70. The van der Waals surface area contributed by atoms with Gasteiger partial charge in [0.15, 0.2) is 0 Å². The summed E-state index contributed by atoms with van der Waals surface area (Å²) >= 11 is 0. The van der Waals surface area contributed by atoms with Gasteiger partial charge in [-0.15, -0.1) is 0 Å². The standard InChI is InChI=1S/C14H25N3O/c1-3-12-4-6-14(18,7-5-12)11-15-8-13-9-16-17(2)10-13/h9-10,12,15,18H,3-8,11H2,1-2H3. The van der Waals surface area contributed by atoms with Gasteiger partial charge in [0.25, 0.3) is 0 Å². The van der Waals surface area contributed by atoms with Gasteiger partial charge in [-0.3, -0.25) is 4.68 Å². The zero-order valence-electron chi connectivity index (χ0n) is 11.5. The van der Waals surface area contributed by atoms with Crippen LogP contribution >= 0.6 is 0 Å². The van der Waals surface area contributed by atoms with E-state index in [2.05, 4.69) is 17.3 Å². The van der Waals surface area contributed by atoms with Crippen LogP contribution in [0.15, 0.2) is 12.4 Å². The fourth-order valence-electron chi connectivity index (χ4n) is 2.80. The summed E-state index contributed by atoms with van der Waals surface area (Å²) in [6.07, 6.45) is 9.33. The largest absolute Gasteiger partial charge is 0.389 e. The maximum Gasteiger partial charge on any atom is 0.0771 e. The van der Waals surface area contributed by atoms with Crippen LogP contribution in [0, 0.1) is 5.92 Å². The van der Waals surface area contributed by atoms with E-state index in [0.717, 1.165) is 25.3 Å². The molecule has 0 radical (unpaired) electrons. The third-order valence-corrected chi connectivity index (χ3v) is 4.15. The third kappa shape index (κ3) is 3.56. The number of hydrogen-bond donors (Lipinski definition) is 2. The second-order valence-corrected chi connectivity index (χ2v) is 5.70. The summed E-state index contributed by atoms with van der Waals surface area (Å²) in [6.45, 7) is 3.72. The van der Waals surface area contributed by atoms with E-state index in [0.29, 0.717) is 6.54 Å². The first-order valence-corrected chi connectivity index (χ1v) is 7.02. The summed E-state index contributed by atoms with van der Waals surface area (Å²) in [6, 6.07) is 0. The average molecular weight is 251 g/mol. The van der Waals surface area contributed by atoms with Gasteiger partial charge in [-0.2, -0.15) is 5.10 Å². The molecule has 4 nitrogen and oxygen atoms in total. The predicted octanol–water partition coefficient (Wildman–Crippen LogP) is 1.84. The van der Waals surface area contributed by atoms with E-state index in [1.807, 2.05) is 19.4 Å². The molecule has 0 bridgehead atoms. The number of aryl methyl sites for hydroxylation is 1. The Hall–Kier alpha value is -0.870. The fourth-order valence-corrected chi connectivity index (χ4v) is 2.80. The molecular formula is C14H25N3O. The van der Waals surface area contributed by atoms with Crippen LogP contribution in [-0.4, -0.2) is 27.0 Å². The highest BCUT2D eigenvalue weighted by Gasteiger charge is 2.31. The lowest BCUT2D eigenvalue weighted by molar-refractivity contribution is -0.00881.